The zero-order valence-electron chi connectivity index (χ0n) is 15.9. The topological polar surface area (TPSA) is 48.9 Å². The minimum absolute atomic E-state index is 0.715. The molecule has 0 unspecified atom stereocenters. The number of benzene rings is 2. The van der Waals surface area contributed by atoms with Crippen molar-refractivity contribution in [3.63, 3.8) is 0 Å². The number of hydrogen-bond acceptors (Lipinski definition) is 5. The summed E-state index contributed by atoms with van der Waals surface area (Å²) < 4.78 is 5.41. The van der Waals surface area contributed by atoms with Crippen molar-refractivity contribution >= 4 is 17.3 Å². The molecule has 5 nitrogen and oxygen atoms in total. The normalized spacial score (nSPS) is 17.1. The second-order valence-electron chi connectivity index (χ2n) is 7.23. The van der Waals surface area contributed by atoms with Gasteiger partial charge in [0.15, 0.2) is 0 Å². The molecule has 0 spiro atoms. The van der Waals surface area contributed by atoms with Gasteiger partial charge in [0.1, 0.15) is 5.75 Å². The fourth-order valence-corrected chi connectivity index (χ4v) is 3.94. The molecule has 142 valence electrons. The number of anilines is 2. The second-order valence-corrected chi connectivity index (χ2v) is 7.23. The van der Waals surface area contributed by atoms with E-state index in [2.05, 4.69) is 51.1 Å². The Kier molecular flexibility index (Phi) is 5.47. The van der Waals surface area contributed by atoms with Crippen LogP contribution in [0.25, 0.3) is 0 Å². The Hall–Kier alpha value is -2.69. The number of rotatable bonds is 5. The van der Waals surface area contributed by atoms with Crippen LogP contribution in [-0.4, -0.2) is 26.2 Å². The van der Waals surface area contributed by atoms with E-state index in [1.807, 2.05) is 18.2 Å². The summed E-state index contributed by atoms with van der Waals surface area (Å²) in [6, 6.07) is 17.0. The van der Waals surface area contributed by atoms with Crippen molar-refractivity contribution in [1.29, 1.82) is 0 Å². The molecule has 1 aliphatic carbocycles. The minimum atomic E-state index is 0.715. The molecule has 0 amide bonds. The van der Waals surface area contributed by atoms with Gasteiger partial charge < -0.3 is 10.1 Å². The van der Waals surface area contributed by atoms with Crippen LogP contribution in [0.3, 0.4) is 0 Å². The molecule has 2 N–H and O–H groups in total. The minimum Gasteiger partial charge on any atom is -0.497 e. The molecular formula is C22H28N4O. The number of hydrogen-bond donors (Lipinski definition) is 2. The zero-order valence-corrected chi connectivity index (χ0v) is 15.9. The Bertz CT molecular complexity index is 781. The maximum absolute atomic E-state index is 5.41. The highest BCUT2D eigenvalue weighted by molar-refractivity contribution is 5.85. The van der Waals surface area contributed by atoms with Gasteiger partial charge >= 0.3 is 0 Å². The molecule has 2 aromatic carbocycles. The molecule has 0 aromatic heterocycles. The monoisotopic (exact) mass is 364 g/mol. The van der Waals surface area contributed by atoms with Crippen molar-refractivity contribution < 1.29 is 4.74 Å². The Labute approximate surface area is 161 Å². The van der Waals surface area contributed by atoms with E-state index in [-0.39, 0.29) is 0 Å². The molecule has 2 aromatic rings. The molecule has 1 aliphatic heterocycles. The number of nitrogens with one attached hydrogen (secondary N) is 2. The van der Waals surface area contributed by atoms with Gasteiger partial charge in [0.05, 0.1) is 25.0 Å². The summed E-state index contributed by atoms with van der Waals surface area (Å²) in [7, 11) is 1.69. The van der Waals surface area contributed by atoms with Crippen LogP contribution in [0.4, 0.5) is 11.4 Å². The lowest BCUT2D eigenvalue weighted by Crippen LogP contribution is -2.44. The van der Waals surface area contributed by atoms with Crippen molar-refractivity contribution in [3.05, 3.63) is 54.1 Å². The lowest BCUT2D eigenvalue weighted by molar-refractivity contribution is 0.415. The Morgan fingerprint density at radius 3 is 2.56 bits per heavy atom. The van der Waals surface area contributed by atoms with E-state index in [4.69, 9.17) is 4.74 Å². The molecule has 27 heavy (non-hydrogen) atoms. The van der Waals surface area contributed by atoms with E-state index in [1.54, 1.807) is 7.11 Å². The Morgan fingerprint density at radius 1 is 1.04 bits per heavy atom. The molecule has 0 bridgehead atoms. The first-order chi connectivity index (χ1) is 13.3. The first-order valence-corrected chi connectivity index (χ1v) is 9.92. The molecule has 1 saturated carbocycles. The van der Waals surface area contributed by atoms with Crippen molar-refractivity contribution in [2.75, 3.05) is 25.2 Å². The lowest BCUT2D eigenvalue weighted by Gasteiger charge is -2.28. The van der Waals surface area contributed by atoms with Crippen molar-refractivity contribution in [1.82, 2.24) is 10.7 Å². The molecule has 2 aliphatic rings. The summed E-state index contributed by atoms with van der Waals surface area (Å²) in [4.78, 5) is 4.48. The molecule has 5 heteroatoms. The Morgan fingerprint density at radius 2 is 1.85 bits per heavy atom. The smallest absolute Gasteiger partial charge is 0.210 e. The summed E-state index contributed by atoms with van der Waals surface area (Å²) in [6.07, 6.45) is 6.73. The average molecular weight is 364 g/mol. The molecule has 0 saturated heterocycles. The SMILES string of the molecule is COc1cccc(N(NC2=NCCN2)c2ccc(C3CCCCC3)cc2)c1. The van der Waals surface area contributed by atoms with E-state index in [0.717, 1.165) is 36.2 Å². The highest BCUT2D eigenvalue weighted by Gasteiger charge is 2.18. The predicted octanol–water partition coefficient (Wildman–Crippen LogP) is 4.34. The maximum Gasteiger partial charge on any atom is 0.210 e. The number of hydrazine groups is 1. The van der Waals surface area contributed by atoms with Gasteiger partial charge in [-0.3, -0.25) is 15.4 Å². The van der Waals surface area contributed by atoms with Crippen molar-refractivity contribution in [2.45, 2.75) is 38.0 Å². The molecular weight excluding hydrogens is 336 g/mol. The third-order valence-corrected chi connectivity index (χ3v) is 5.43. The highest BCUT2D eigenvalue weighted by Crippen LogP contribution is 2.34. The van der Waals surface area contributed by atoms with Gasteiger partial charge in [0, 0.05) is 12.6 Å². The van der Waals surface area contributed by atoms with E-state index in [0.29, 0.717) is 5.92 Å². The lowest BCUT2D eigenvalue weighted by atomic mass is 9.84. The van der Waals surface area contributed by atoms with Gasteiger partial charge in [-0.2, -0.15) is 0 Å². The fourth-order valence-electron chi connectivity index (χ4n) is 3.94. The summed E-state index contributed by atoms with van der Waals surface area (Å²) in [5.41, 5.74) is 6.97. The van der Waals surface area contributed by atoms with Crippen LogP contribution >= 0.6 is 0 Å². The van der Waals surface area contributed by atoms with E-state index < -0.39 is 0 Å². The standard InChI is InChI=1S/C22H28N4O/c1-27-21-9-5-8-20(16-21)26(25-22-23-14-15-24-22)19-12-10-18(11-13-19)17-6-3-2-4-7-17/h5,8-13,16-17H,2-4,6-7,14-15H2,1H3,(H2,23,24,25). The largest absolute Gasteiger partial charge is 0.497 e. The second kappa shape index (κ2) is 8.33. The van der Waals surface area contributed by atoms with E-state index in [1.165, 1.54) is 37.7 Å². The average Bonchev–Trinajstić information content (AvgIpc) is 3.26. The summed E-state index contributed by atoms with van der Waals surface area (Å²) >= 11 is 0. The summed E-state index contributed by atoms with van der Waals surface area (Å²) in [5, 5.41) is 5.34. The number of nitrogens with zero attached hydrogens (tertiary/aromatic N) is 2. The third kappa shape index (κ3) is 4.18. The predicted molar refractivity (Wildman–Crippen MR) is 111 cm³/mol. The fraction of sp³-hybridized carbons (Fsp3) is 0.409. The third-order valence-electron chi connectivity index (χ3n) is 5.43. The molecule has 4 rings (SSSR count). The van der Waals surface area contributed by atoms with Crippen LogP contribution in [0.5, 0.6) is 5.75 Å². The van der Waals surface area contributed by atoms with Crippen LogP contribution in [0.15, 0.2) is 53.5 Å². The number of ether oxygens (including phenoxy) is 1. The van der Waals surface area contributed by atoms with Crippen LogP contribution in [-0.2, 0) is 0 Å². The summed E-state index contributed by atoms with van der Waals surface area (Å²) in [6.45, 7) is 1.67. The quantitative estimate of drug-likeness (QED) is 0.775. The van der Waals surface area contributed by atoms with Gasteiger partial charge in [-0.15, -0.1) is 0 Å². The number of aliphatic imine (C=N–C) groups is 1. The molecule has 1 fully saturated rings. The Balaban J connectivity index is 1.60. The van der Waals surface area contributed by atoms with Crippen LogP contribution in [0.2, 0.25) is 0 Å². The van der Waals surface area contributed by atoms with E-state index >= 15 is 0 Å². The van der Waals surface area contributed by atoms with Crippen molar-refractivity contribution in [2.24, 2.45) is 4.99 Å². The highest BCUT2D eigenvalue weighted by atomic mass is 16.5. The van der Waals surface area contributed by atoms with Crippen LogP contribution in [0, 0.1) is 0 Å². The first kappa shape index (κ1) is 17.7. The molecule has 1 heterocycles. The van der Waals surface area contributed by atoms with Gasteiger partial charge in [-0.25, -0.2) is 0 Å². The zero-order chi connectivity index (χ0) is 18.5. The first-order valence-electron chi connectivity index (χ1n) is 9.92. The molecule has 0 radical (unpaired) electrons. The maximum atomic E-state index is 5.41. The molecule has 0 atom stereocenters. The van der Waals surface area contributed by atoms with Crippen LogP contribution in [0.1, 0.15) is 43.6 Å². The van der Waals surface area contributed by atoms with Gasteiger partial charge in [0.2, 0.25) is 5.96 Å². The number of guanidine groups is 1. The van der Waals surface area contributed by atoms with Crippen LogP contribution < -0.4 is 20.5 Å². The van der Waals surface area contributed by atoms with E-state index in [9.17, 15) is 0 Å². The number of methoxy groups -OCH3 is 1. The van der Waals surface area contributed by atoms with Gasteiger partial charge in [-0.05, 0) is 48.6 Å². The summed E-state index contributed by atoms with van der Waals surface area (Å²) in [5.74, 6) is 2.35. The van der Waals surface area contributed by atoms with Gasteiger partial charge in [-0.1, -0.05) is 37.5 Å². The van der Waals surface area contributed by atoms with Gasteiger partial charge in [0.25, 0.3) is 0 Å². The van der Waals surface area contributed by atoms with Crippen molar-refractivity contribution in [3.8, 4) is 5.75 Å².